The van der Waals surface area contributed by atoms with Crippen LogP contribution in [0, 0.1) is 0 Å². The zero-order valence-electron chi connectivity index (χ0n) is 9.99. The first-order valence-electron chi connectivity index (χ1n) is 5.70. The minimum atomic E-state index is 0.262. The summed E-state index contributed by atoms with van der Waals surface area (Å²) in [6.07, 6.45) is 1.31. The second-order valence-electron chi connectivity index (χ2n) is 4.41. The van der Waals surface area contributed by atoms with E-state index < -0.39 is 0 Å². The largest absolute Gasteiger partial charge is 0.377 e. The summed E-state index contributed by atoms with van der Waals surface area (Å²) < 4.78 is 5.56. The molecule has 1 aromatic rings. The van der Waals surface area contributed by atoms with Gasteiger partial charge >= 0.3 is 0 Å². The molecule has 2 atom stereocenters. The molecule has 1 saturated heterocycles. The second-order valence-corrected chi connectivity index (χ2v) is 5.20. The molecule has 3 nitrogen and oxygen atoms in total. The summed E-state index contributed by atoms with van der Waals surface area (Å²) in [5, 5.41) is 1.14. The molecule has 1 fully saturated rings. The van der Waals surface area contributed by atoms with Gasteiger partial charge in [-0.25, -0.2) is 4.98 Å². The van der Waals surface area contributed by atoms with Crippen molar-refractivity contribution in [3.8, 4) is 0 Å². The summed E-state index contributed by atoms with van der Waals surface area (Å²) in [5.41, 5.74) is 0.820. The maximum absolute atomic E-state index is 6.10. The van der Waals surface area contributed by atoms with E-state index >= 15 is 0 Å². The Balaban J connectivity index is 2.07. The van der Waals surface area contributed by atoms with Gasteiger partial charge in [0.15, 0.2) is 0 Å². The Kier molecular flexibility index (Phi) is 4.26. The van der Waals surface area contributed by atoms with E-state index in [1.165, 1.54) is 0 Å². The van der Waals surface area contributed by atoms with Crippen molar-refractivity contribution in [2.24, 2.45) is 0 Å². The van der Waals surface area contributed by atoms with Crippen LogP contribution in [0.5, 0.6) is 0 Å². The number of ether oxygens (including phenoxy) is 1. The molecule has 0 N–H and O–H groups in total. The topological polar surface area (TPSA) is 25.4 Å². The van der Waals surface area contributed by atoms with E-state index in [1.54, 1.807) is 12.1 Å². The molecule has 0 spiro atoms. The lowest BCUT2D eigenvalue weighted by Crippen LogP contribution is -2.36. The van der Waals surface area contributed by atoms with Crippen LogP contribution in [0.1, 0.15) is 19.0 Å². The predicted octanol–water partition coefficient (Wildman–Crippen LogP) is 3.00. The number of nitrogens with zero attached hydrogens (tertiary/aromatic N) is 2. The highest BCUT2D eigenvalue weighted by molar-refractivity contribution is 6.32. The average molecular weight is 275 g/mol. The Hall–Kier alpha value is -0.350. The zero-order valence-corrected chi connectivity index (χ0v) is 11.5. The maximum atomic E-state index is 6.10. The Morgan fingerprint density at radius 3 is 2.88 bits per heavy atom. The summed E-state index contributed by atoms with van der Waals surface area (Å²) in [4.78, 5) is 6.48. The van der Waals surface area contributed by atoms with Gasteiger partial charge in [0.1, 0.15) is 5.15 Å². The first-order valence-corrected chi connectivity index (χ1v) is 6.46. The molecule has 2 rings (SSSR count). The third-order valence-electron chi connectivity index (χ3n) is 3.19. The molecule has 17 heavy (non-hydrogen) atoms. The fraction of sp³-hybridized carbons (Fsp3) is 0.583. The van der Waals surface area contributed by atoms with Crippen LogP contribution in [-0.4, -0.2) is 35.7 Å². The van der Waals surface area contributed by atoms with Crippen molar-refractivity contribution in [3.05, 3.63) is 28.0 Å². The van der Waals surface area contributed by atoms with E-state index in [1.807, 2.05) is 0 Å². The van der Waals surface area contributed by atoms with Gasteiger partial charge < -0.3 is 4.74 Å². The lowest BCUT2D eigenvalue weighted by molar-refractivity contribution is 0.0810. The fourth-order valence-corrected chi connectivity index (χ4v) is 2.55. The van der Waals surface area contributed by atoms with Crippen LogP contribution in [-0.2, 0) is 11.3 Å². The van der Waals surface area contributed by atoms with Crippen LogP contribution in [0.3, 0.4) is 0 Å². The quantitative estimate of drug-likeness (QED) is 0.793. The van der Waals surface area contributed by atoms with Gasteiger partial charge in [0, 0.05) is 19.2 Å². The molecule has 2 heterocycles. The Bertz CT molecular complexity index is 400. The lowest BCUT2D eigenvalue weighted by atomic mass is 10.1. The van der Waals surface area contributed by atoms with Gasteiger partial charge in [-0.1, -0.05) is 23.2 Å². The summed E-state index contributed by atoms with van der Waals surface area (Å²) in [7, 11) is 2.06. The maximum Gasteiger partial charge on any atom is 0.129 e. The minimum absolute atomic E-state index is 0.262. The fourth-order valence-electron chi connectivity index (χ4n) is 2.22. The van der Waals surface area contributed by atoms with E-state index in [0.29, 0.717) is 22.8 Å². The SMILES string of the molecule is CC1OCCC1N(C)Cc1nc(Cl)ccc1Cl. The van der Waals surface area contributed by atoms with Crippen molar-refractivity contribution in [1.82, 2.24) is 9.88 Å². The molecule has 0 amide bonds. The summed E-state index contributed by atoms with van der Waals surface area (Å²) in [6.45, 7) is 3.62. The number of rotatable bonds is 3. The third kappa shape index (κ3) is 3.10. The first-order chi connectivity index (χ1) is 8.08. The Morgan fingerprint density at radius 1 is 1.47 bits per heavy atom. The first kappa shape index (κ1) is 13.1. The Morgan fingerprint density at radius 2 is 2.24 bits per heavy atom. The number of likely N-dealkylation sites (N-methyl/N-ethyl adjacent to an activating group) is 1. The van der Waals surface area contributed by atoms with E-state index in [4.69, 9.17) is 27.9 Å². The number of hydrogen-bond acceptors (Lipinski definition) is 3. The van der Waals surface area contributed by atoms with Crippen LogP contribution in [0.4, 0.5) is 0 Å². The van der Waals surface area contributed by atoms with Crippen LogP contribution in [0.2, 0.25) is 10.2 Å². The van der Waals surface area contributed by atoms with Gasteiger partial charge in [0.25, 0.3) is 0 Å². The predicted molar refractivity (Wildman–Crippen MR) is 69.5 cm³/mol. The molecule has 94 valence electrons. The van der Waals surface area contributed by atoms with Gasteiger partial charge in [-0.2, -0.15) is 0 Å². The molecule has 0 bridgehead atoms. The van der Waals surface area contributed by atoms with Crippen LogP contribution in [0.15, 0.2) is 12.1 Å². The van der Waals surface area contributed by atoms with Gasteiger partial charge in [0.2, 0.25) is 0 Å². The number of pyridine rings is 1. The van der Waals surface area contributed by atoms with Gasteiger partial charge in [0.05, 0.1) is 16.8 Å². The Labute approximate surface area is 112 Å². The molecule has 1 aromatic heterocycles. The molecule has 0 radical (unpaired) electrons. The summed E-state index contributed by atoms with van der Waals surface area (Å²) in [6, 6.07) is 3.91. The van der Waals surface area contributed by atoms with Crippen LogP contribution < -0.4 is 0 Å². The molecule has 5 heteroatoms. The van der Waals surface area contributed by atoms with Crippen molar-refractivity contribution in [3.63, 3.8) is 0 Å². The summed E-state index contributed by atoms with van der Waals surface area (Å²) in [5.74, 6) is 0. The zero-order chi connectivity index (χ0) is 12.4. The lowest BCUT2D eigenvalue weighted by Gasteiger charge is -2.26. The number of hydrogen-bond donors (Lipinski definition) is 0. The van der Waals surface area contributed by atoms with Crippen molar-refractivity contribution in [2.45, 2.75) is 32.0 Å². The second kappa shape index (κ2) is 5.53. The van der Waals surface area contributed by atoms with E-state index in [-0.39, 0.29) is 6.10 Å². The van der Waals surface area contributed by atoms with Crippen molar-refractivity contribution >= 4 is 23.2 Å². The summed E-state index contributed by atoms with van der Waals surface area (Å²) >= 11 is 12.0. The average Bonchev–Trinajstić information content (AvgIpc) is 2.70. The van der Waals surface area contributed by atoms with Crippen molar-refractivity contribution in [2.75, 3.05) is 13.7 Å². The standard InChI is InChI=1S/C12H16Cl2N2O/c1-8-11(5-6-17-8)16(2)7-10-9(13)3-4-12(14)15-10/h3-4,8,11H,5-7H2,1-2H3. The van der Waals surface area contributed by atoms with Crippen molar-refractivity contribution < 1.29 is 4.74 Å². The molecule has 1 aliphatic rings. The van der Waals surface area contributed by atoms with Gasteiger partial charge in [-0.05, 0) is 32.5 Å². The highest BCUT2D eigenvalue weighted by atomic mass is 35.5. The van der Waals surface area contributed by atoms with E-state index in [9.17, 15) is 0 Å². The molecule has 0 saturated carbocycles. The molecule has 1 aliphatic heterocycles. The van der Waals surface area contributed by atoms with E-state index in [2.05, 4.69) is 23.9 Å². The molecule has 0 aliphatic carbocycles. The monoisotopic (exact) mass is 274 g/mol. The van der Waals surface area contributed by atoms with Gasteiger partial charge in [-0.3, -0.25) is 4.90 Å². The minimum Gasteiger partial charge on any atom is -0.377 e. The highest BCUT2D eigenvalue weighted by Gasteiger charge is 2.28. The molecular weight excluding hydrogens is 259 g/mol. The van der Waals surface area contributed by atoms with E-state index in [0.717, 1.165) is 18.7 Å². The number of halogens is 2. The normalized spacial score (nSPS) is 24.5. The molecular formula is C12H16Cl2N2O. The van der Waals surface area contributed by atoms with Crippen LogP contribution >= 0.6 is 23.2 Å². The van der Waals surface area contributed by atoms with Crippen LogP contribution in [0.25, 0.3) is 0 Å². The highest BCUT2D eigenvalue weighted by Crippen LogP contribution is 2.23. The molecule has 2 unspecified atom stereocenters. The smallest absolute Gasteiger partial charge is 0.129 e. The molecule has 0 aromatic carbocycles. The van der Waals surface area contributed by atoms with Gasteiger partial charge in [-0.15, -0.1) is 0 Å². The van der Waals surface area contributed by atoms with Crippen molar-refractivity contribution in [1.29, 1.82) is 0 Å². The third-order valence-corrected chi connectivity index (χ3v) is 3.74. The number of aromatic nitrogens is 1.